The lowest BCUT2D eigenvalue weighted by Crippen LogP contribution is -2.27. The molecule has 0 aliphatic carbocycles. The van der Waals surface area contributed by atoms with Crippen molar-refractivity contribution in [2.45, 2.75) is 0 Å². The first-order valence-corrected chi connectivity index (χ1v) is 7.67. The summed E-state index contributed by atoms with van der Waals surface area (Å²) in [4.78, 5) is 22.3. The summed E-state index contributed by atoms with van der Waals surface area (Å²) in [5, 5.41) is 16.6. The van der Waals surface area contributed by atoms with E-state index in [2.05, 4.69) is 10.6 Å². The maximum atomic E-state index is 11.8. The summed E-state index contributed by atoms with van der Waals surface area (Å²) >= 11 is 0. The number of amides is 1. The predicted molar refractivity (Wildman–Crippen MR) is 96.6 cm³/mol. The lowest BCUT2D eigenvalue weighted by Gasteiger charge is -2.07. The number of carbonyl (C=O) groups is 1. The van der Waals surface area contributed by atoms with E-state index in [4.69, 9.17) is 4.74 Å². The molecule has 0 heterocycles. The molecule has 0 radical (unpaired) electrons. The minimum Gasteiger partial charge on any atom is -0.497 e. The number of methoxy groups -OCH3 is 1. The molecule has 0 bridgehead atoms. The number of nitro groups is 1. The molecule has 2 aromatic carbocycles. The number of nitrogens with zero attached hydrogens (tertiary/aromatic N) is 1. The highest BCUT2D eigenvalue weighted by atomic mass is 16.6. The highest BCUT2D eigenvalue weighted by Gasteiger charge is 2.11. The summed E-state index contributed by atoms with van der Waals surface area (Å²) in [7, 11) is 1.58. The molecule has 7 heteroatoms. The van der Waals surface area contributed by atoms with Crippen molar-refractivity contribution >= 4 is 23.4 Å². The number of anilines is 1. The van der Waals surface area contributed by atoms with Gasteiger partial charge in [0.2, 0.25) is 5.91 Å². The van der Waals surface area contributed by atoms with Gasteiger partial charge in [0.1, 0.15) is 11.4 Å². The summed E-state index contributed by atoms with van der Waals surface area (Å²) in [5.41, 5.74) is 1.29. The van der Waals surface area contributed by atoms with E-state index in [1.54, 1.807) is 31.4 Å². The van der Waals surface area contributed by atoms with Gasteiger partial charge in [-0.1, -0.05) is 24.3 Å². The highest BCUT2D eigenvalue weighted by molar-refractivity contribution is 5.91. The molecule has 0 atom stereocenters. The van der Waals surface area contributed by atoms with Gasteiger partial charge in [0.05, 0.1) is 12.0 Å². The zero-order chi connectivity index (χ0) is 18.1. The maximum absolute atomic E-state index is 11.8. The second-order valence-electron chi connectivity index (χ2n) is 5.10. The van der Waals surface area contributed by atoms with Crippen LogP contribution in [-0.2, 0) is 4.79 Å². The van der Waals surface area contributed by atoms with E-state index in [0.717, 1.165) is 11.3 Å². The molecular weight excluding hydrogens is 322 g/mol. The van der Waals surface area contributed by atoms with Crippen LogP contribution in [0.15, 0.2) is 54.6 Å². The third-order valence-electron chi connectivity index (χ3n) is 3.36. The monoisotopic (exact) mass is 341 g/mol. The van der Waals surface area contributed by atoms with Crippen molar-refractivity contribution in [3.05, 3.63) is 70.3 Å². The minimum absolute atomic E-state index is 0.00625. The number of nitro benzene ring substituents is 1. The van der Waals surface area contributed by atoms with Crippen LogP contribution in [0.25, 0.3) is 6.08 Å². The normalized spacial score (nSPS) is 10.4. The number of para-hydroxylation sites is 2. The van der Waals surface area contributed by atoms with Gasteiger partial charge in [-0.3, -0.25) is 14.9 Å². The van der Waals surface area contributed by atoms with Crippen LogP contribution >= 0.6 is 0 Å². The largest absolute Gasteiger partial charge is 0.497 e. The van der Waals surface area contributed by atoms with Crippen molar-refractivity contribution in [3.63, 3.8) is 0 Å². The Morgan fingerprint density at radius 2 is 2.00 bits per heavy atom. The minimum atomic E-state index is -0.447. The molecule has 130 valence electrons. The van der Waals surface area contributed by atoms with E-state index in [-0.39, 0.29) is 11.6 Å². The topological polar surface area (TPSA) is 93.5 Å². The van der Waals surface area contributed by atoms with E-state index in [1.165, 1.54) is 12.1 Å². The summed E-state index contributed by atoms with van der Waals surface area (Å²) < 4.78 is 5.12. The second kappa shape index (κ2) is 9.07. The fourth-order valence-corrected chi connectivity index (χ4v) is 2.14. The molecule has 0 unspecified atom stereocenters. The SMILES string of the molecule is COc1cccc(/C=C/C(=O)NCCNc2ccccc2[N+](=O)[O-])c1. The number of hydrogen-bond acceptors (Lipinski definition) is 5. The number of rotatable bonds is 8. The highest BCUT2D eigenvalue weighted by Crippen LogP contribution is 2.22. The van der Waals surface area contributed by atoms with E-state index >= 15 is 0 Å². The van der Waals surface area contributed by atoms with Gasteiger partial charge < -0.3 is 15.4 Å². The van der Waals surface area contributed by atoms with E-state index in [9.17, 15) is 14.9 Å². The number of benzene rings is 2. The van der Waals surface area contributed by atoms with Crippen LogP contribution in [0.4, 0.5) is 11.4 Å². The number of nitrogens with one attached hydrogen (secondary N) is 2. The van der Waals surface area contributed by atoms with Crippen LogP contribution in [0.2, 0.25) is 0 Å². The average molecular weight is 341 g/mol. The Labute approximate surface area is 145 Å². The molecule has 7 nitrogen and oxygen atoms in total. The molecule has 0 aliphatic heterocycles. The first kappa shape index (κ1) is 18.0. The van der Waals surface area contributed by atoms with Gasteiger partial charge in [-0.2, -0.15) is 0 Å². The predicted octanol–water partition coefficient (Wildman–Crippen LogP) is 2.84. The Kier molecular flexibility index (Phi) is 6.53. The average Bonchev–Trinajstić information content (AvgIpc) is 2.64. The quantitative estimate of drug-likeness (QED) is 0.333. The van der Waals surface area contributed by atoms with Gasteiger partial charge >= 0.3 is 0 Å². The molecular formula is C18H19N3O4. The molecule has 2 N–H and O–H groups in total. The summed E-state index contributed by atoms with van der Waals surface area (Å²) in [6, 6.07) is 13.7. The van der Waals surface area contributed by atoms with E-state index in [0.29, 0.717) is 18.8 Å². The van der Waals surface area contributed by atoms with Gasteiger partial charge in [0.15, 0.2) is 0 Å². The zero-order valence-electron chi connectivity index (χ0n) is 13.8. The Balaban J connectivity index is 1.79. The Bertz CT molecular complexity index is 774. The van der Waals surface area contributed by atoms with Crippen molar-refractivity contribution in [2.24, 2.45) is 0 Å². The van der Waals surface area contributed by atoms with Crippen molar-refractivity contribution in [1.82, 2.24) is 5.32 Å². The van der Waals surface area contributed by atoms with Gasteiger partial charge in [0, 0.05) is 25.2 Å². The molecule has 0 aliphatic rings. The van der Waals surface area contributed by atoms with Crippen LogP contribution in [0.3, 0.4) is 0 Å². The molecule has 0 spiro atoms. The maximum Gasteiger partial charge on any atom is 0.292 e. The van der Waals surface area contributed by atoms with Crippen LogP contribution in [0, 0.1) is 10.1 Å². The summed E-state index contributed by atoms with van der Waals surface area (Å²) in [6.45, 7) is 0.719. The van der Waals surface area contributed by atoms with E-state index in [1.807, 2.05) is 24.3 Å². The van der Waals surface area contributed by atoms with Crippen molar-refractivity contribution in [3.8, 4) is 5.75 Å². The molecule has 2 aromatic rings. The van der Waals surface area contributed by atoms with Gasteiger partial charge in [-0.15, -0.1) is 0 Å². The van der Waals surface area contributed by atoms with Gasteiger partial charge in [-0.25, -0.2) is 0 Å². The number of carbonyl (C=O) groups excluding carboxylic acids is 1. The van der Waals surface area contributed by atoms with Gasteiger partial charge in [-0.05, 0) is 29.8 Å². The van der Waals surface area contributed by atoms with Crippen molar-refractivity contribution in [1.29, 1.82) is 0 Å². The lowest BCUT2D eigenvalue weighted by molar-refractivity contribution is -0.384. The van der Waals surface area contributed by atoms with Crippen molar-refractivity contribution in [2.75, 3.05) is 25.5 Å². The molecule has 0 saturated heterocycles. The fraction of sp³-hybridized carbons (Fsp3) is 0.167. The number of ether oxygens (including phenoxy) is 1. The van der Waals surface area contributed by atoms with E-state index < -0.39 is 4.92 Å². The van der Waals surface area contributed by atoms with Crippen molar-refractivity contribution < 1.29 is 14.5 Å². The molecule has 0 aromatic heterocycles. The first-order chi connectivity index (χ1) is 12.1. The fourth-order valence-electron chi connectivity index (χ4n) is 2.14. The third-order valence-corrected chi connectivity index (χ3v) is 3.36. The Morgan fingerprint density at radius 1 is 1.20 bits per heavy atom. The molecule has 1 amide bonds. The molecule has 0 fully saturated rings. The number of hydrogen-bond donors (Lipinski definition) is 2. The summed E-state index contributed by atoms with van der Waals surface area (Å²) in [6.07, 6.45) is 3.12. The summed E-state index contributed by atoms with van der Waals surface area (Å²) in [5.74, 6) is 0.475. The third kappa shape index (κ3) is 5.65. The van der Waals surface area contributed by atoms with Crippen LogP contribution in [0.1, 0.15) is 5.56 Å². The smallest absolute Gasteiger partial charge is 0.292 e. The first-order valence-electron chi connectivity index (χ1n) is 7.67. The van der Waals surface area contributed by atoms with Gasteiger partial charge in [0.25, 0.3) is 5.69 Å². The van der Waals surface area contributed by atoms with Crippen LogP contribution < -0.4 is 15.4 Å². The molecule has 2 rings (SSSR count). The van der Waals surface area contributed by atoms with Crippen LogP contribution in [-0.4, -0.2) is 31.0 Å². The van der Waals surface area contributed by atoms with Crippen LogP contribution in [0.5, 0.6) is 5.75 Å². The molecule has 25 heavy (non-hydrogen) atoms. The Hall–Kier alpha value is -3.35. The zero-order valence-corrected chi connectivity index (χ0v) is 13.8. The standard InChI is InChI=1S/C18H19N3O4/c1-25-15-6-4-5-14(13-15)9-10-18(22)20-12-11-19-16-7-2-3-8-17(16)21(23)24/h2-10,13,19H,11-12H2,1H3,(H,20,22)/b10-9+. The lowest BCUT2D eigenvalue weighted by atomic mass is 10.2. The second-order valence-corrected chi connectivity index (χ2v) is 5.10. The molecule has 0 saturated carbocycles. The Morgan fingerprint density at radius 3 is 2.76 bits per heavy atom.